The first-order valence-electron chi connectivity index (χ1n) is 10.7. The average Bonchev–Trinajstić information content (AvgIpc) is 3.32. The van der Waals surface area contributed by atoms with Crippen LogP contribution >= 0.6 is 0 Å². The fourth-order valence-corrected chi connectivity index (χ4v) is 3.70. The van der Waals surface area contributed by atoms with Gasteiger partial charge in [0.1, 0.15) is 30.5 Å². The number of nitrogen functional groups attached to an aromatic ring is 1. The number of fused-ring (bicyclic) bond motifs is 1. The van der Waals surface area contributed by atoms with Gasteiger partial charge in [-0.25, -0.2) is 15.0 Å². The second-order valence-corrected chi connectivity index (χ2v) is 8.65. The third-order valence-corrected chi connectivity index (χ3v) is 5.25. The Bertz CT molecular complexity index is 1200. The van der Waals surface area contributed by atoms with Crippen molar-refractivity contribution < 1.29 is 32.5 Å². The van der Waals surface area contributed by atoms with Gasteiger partial charge in [-0.05, 0) is 26.6 Å². The minimum Gasteiger partial charge on any atom is -0.387 e. The number of imidazole rings is 1. The topological polar surface area (TPSA) is 218 Å². The fraction of sp³-hybridized carbons (Fsp3) is 0.450. The van der Waals surface area contributed by atoms with Gasteiger partial charge >= 0.3 is 10.4 Å². The van der Waals surface area contributed by atoms with Crippen LogP contribution in [0.15, 0.2) is 36.7 Å². The summed E-state index contributed by atoms with van der Waals surface area (Å²) < 4.78 is 39.4. The van der Waals surface area contributed by atoms with Crippen molar-refractivity contribution in [1.29, 1.82) is 0 Å². The Labute approximate surface area is 201 Å². The van der Waals surface area contributed by atoms with Crippen LogP contribution in [0.4, 0.5) is 5.82 Å². The molecule has 0 amide bonds. The van der Waals surface area contributed by atoms with E-state index in [2.05, 4.69) is 25.6 Å². The van der Waals surface area contributed by atoms with E-state index in [-0.39, 0.29) is 5.82 Å². The summed E-state index contributed by atoms with van der Waals surface area (Å²) in [5.74, 6) is 0.781. The van der Waals surface area contributed by atoms with Gasteiger partial charge in [-0.15, -0.1) is 0 Å². The summed E-state index contributed by atoms with van der Waals surface area (Å²) in [4.78, 5) is 13.0. The maximum atomic E-state index is 10.8. The minimum atomic E-state index is -4.67. The summed E-state index contributed by atoms with van der Waals surface area (Å²) in [5, 5.41) is 27.8. The monoisotopic (exact) mass is 511 g/mol. The van der Waals surface area contributed by atoms with E-state index < -0.39 is 34.9 Å². The summed E-state index contributed by atoms with van der Waals surface area (Å²) in [7, 11) is -2.76. The standard InChI is InChI=1S/C20H27N7O3.H2O4S/c1-22-8-5-9-23-10-13-15(28)16(29)20(30-13)27-18(12-6-3-2-4-7-12)26-14-17(21)24-11-25-19(14)27;1-5(2,3)4/h2-4,6-7,11,13,15-16,20,22-23,28-29H,5,8-10H2,1H3,(H2,21,24,25);(H2,1,2,3,4)/t13-,15-,16-,20-;/m1./s1. The molecule has 1 aromatic carbocycles. The lowest BCUT2D eigenvalue weighted by atomic mass is 10.1. The number of rotatable bonds is 8. The summed E-state index contributed by atoms with van der Waals surface area (Å²) in [5.41, 5.74) is 7.70. The Balaban J connectivity index is 0.000000623. The number of nitrogens with one attached hydrogen (secondary N) is 2. The molecule has 3 aromatic rings. The number of benzene rings is 1. The van der Waals surface area contributed by atoms with Crippen LogP contribution in [-0.2, 0) is 15.1 Å². The molecule has 15 heteroatoms. The van der Waals surface area contributed by atoms with E-state index in [0.717, 1.165) is 25.1 Å². The largest absolute Gasteiger partial charge is 0.394 e. The van der Waals surface area contributed by atoms with E-state index in [1.54, 1.807) is 4.57 Å². The van der Waals surface area contributed by atoms with Crippen molar-refractivity contribution in [2.45, 2.75) is 31.0 Å². The highest BCUT2D eigenvalue weighted by Gasteiger charge is 2.45. The molecule has 1 aliphatic heterocycles. The minimum absolute atomic E-state index is 0.242. The Morgan fingerprint density at radius 2 is 1.80 bits per heavy atom. The van der Waals surface area contributed by atoms with Crippen LogP contribution in [0.1, 0.15) is 12.6 Å². The summed E-state index contributed by atoms with van der Waals surface area (Å²) >= 11 is 0. The molecule has 1 saturated heterocycles. The van der Waals surface area contributed by atoms with E-state index in [1.807, 2.05) is 37.4 Å². The maximum absolute atomic E-state index is 10.8. The fourth-order valence-electron chi connectivity index (χ4n) is 3.70. The summed E-state index contributed by atoms with van der Waals surface area (Å²) in [6.45, 7) is 2.10. The molecular formula is C20H29N7O7S. The molecule has 1 aliphatic rings. The van der Waals surface area contributed by atoms with Gasteiger partial charge in [0, 0.05) is 12.1 Å². The molecule has 14 nitrogen and oxygen atoms in total. The van der Waals surface area contributed by atoms with Crippen molar-refractivity contribution in [3.63, 3.8) is 0 Å². The SMILES string of the molecule is CNCCCNC[C@H]1O[C@@H](n2c(-c3ccccc3)nc3c(N)ncnc32)[C@H](O)[C@@H]1O.O=S(=O)(O)O. The zero-order chi connectivity index (χ0) is 25.6. The predicted octanol–water partition coefficient (Wildman–Crippen LogP) is -0.759. The third kappa shape index (κ3) is 6.89. The normalized spacial score (nSPS) is 22.2. The number of aliphatic hydroxyl groups excluding tert-OH is 2. The zero-order valence-electron chi connectivity index (χ0n) is 18.9. The molecule has 0 unspecified atom stereocenters. The summed E-state index contributed by atoms with van der Waals surface area (Å²) in [6, 6.07) is 9.50. The molecule has 0 saturated carbocycles. The Kier molecular flexibility index (Phi) is 9.03. The smallest absolute Gasteiger partial charge is 0.387 e. The Morgan fingerprint density at radius 1 is 1.11 bits per heavy atom. The number of ether oxygens (including phenoxy) is 1. The van der Waals surface area contributed by atoms with E-state index in [4.69, 9.17) is 28.0 Å². The zero-order valence-corrected chi connectivity index (χ0v) is 19.7. The highest BCUT2D eigenvalue weighted by molar-refractivity contribution is 7.79. The second kappa shape index (κ2) is 11.8. The van der Waals surface area contributed by atoms with Crippen LogP contribution in [0.2, 0.25) is 0 Å². The van der Waals surface area contributed by atoms with Gasteiger partial charge in [-0.3, -0.25) is 13.7 Å². The van der Waals surface area contributed by atoms with Crippen LogP contribution in [-0.4, -0.2) is 92.2 Å². The van der Waals surface area contributed by atoms with Crippen LogP contribution in [0.25, 0.3) is 22.6 Å². The van der Waals surface area contributed by atoms with E-state index in [1.165, 1.54) is 6.33 Å². The number of nitrogens with zero attached hydrogens (tertiary/aromatic N) is 4. The molecular weight excluding hydrogens is 482 g/mol. The van der Waals surface area contributed by atoms with Crippen molar-refractivity contribution in [3.05, 3.63) is 36.7 Å². The number of hydrogen-bond acceptors (Lipinski definition) is 11. The molecule has 2 aromatic heterocycles. The number of aromatic nitrogens is 4. The first-order chi connectivity index (χ1) is 16.6. The molecule has 0 radical (unpaired) electrons. The van der Waals surface area contributed by atoms with Gasteiger partial charge in [0.05, 0.1) is 0 Å². The van der Waals surface area contributed by atoms with Crippen molar-refractivity contribution in [2.75, 3.05) is 32.4 Å². The second-order valence-electron chi connectivity index (χ2n) is 7.76. The Hall–Kier alpha value is -2.76. The molecule has 4 rings (SSSR count). The highest BCUT2D eigenvalue weighted by atomic mass is 32.3. The van der Waals surface area contributed by atoms with E-state index in [0.29, 0.717) is 23.5 Å². The maximum Gasteiger partial charge on any atom is 0.394 e. The molecule has 192 valence electrons. The van der Waals surface area contributed by atoms with Gasteiger partial charge < -0.3 is 31.3 Å². The van der Waals surface area contributed by atoms with Crippen LogP contribution in [0.5, 0.6) is 0 Å². The molecule has 35 heavy (non-hydrogen) atoms. The third-order valence-electron chi connectivity index (χ3n) is 5.25. The van der Waals surface area contributed by atoms with Crippen molar-refractivity contribution in [2.24, 2.45) is 0 Å². The first-order valence-corrected chi connectivity index (χ1v) is 12.1. The quantitative estimate of drug-likeness (QED) is 0.146. The van der Waals surface area contributed by atoms with Crippen molar-refractivity contribution in [1.82, 2.24) is 30.2 Å². The predicted molar refractivity (Wildman–Crippen MR) is 127 cm³/mol. The first kappa shape index (κ1) is 26.8. The van der Waals surface area contributed by atoms with E-state index in [9.17, 15) is 10.2 Å². The van der Waals surface area contributed by atoms with Gasteiger partial charge in [-0.1, -0.05) is 30.3 Å². The highest BCUT2D eigenvalue weighted by Crippen LogP contribution is 2.36. The molecule has 8 N–H and O–H groups in total. The number of hydrogen-bond donors (Lipinski definition) is 7. The number of nitrogens with two attached hydrogens (primary N) is 1. The van der Waals surface area contributed by atoms with Crippen molar-refractivity contribution in [3.8, 4) is 11.4 Å². The van der Waals surface area contributed by atoms with Gasteiger partial charge in [-0.2, -0.15) is 8.42 Å². The Morgan fingerprint density at radius 3 is 2.46 bits per heavy atom. The lowest BCUT2D eigenvalue weighted by Gasteiger charge is -2.19. The van der Waals surface area contributed by atoms with Gasteiger partial charge in [0.25, 0.3) is 0 Å². The number of anilines is 1. The number of aliphatic hydroxyl groups is 2. The molecule has 0 bridgehead atoms. The van der Waals surface area contributed by atoms with Crippen LogP contribution in [0, 0.1) is 0 Å². The summed E-state index contributed by atoms with van der Waals surface area (Å²) in [6.07, 6.45) is -1.33. The van der Waals surface area contributed by atoms with Crippen LogP contribution < -0.4 is 16.4 Å². The molecule has 4 atom stereocenters. The molecule has 0 spiro atoms. The molecule has 1 fully saturated rings. The van der Waals surface area contributed by atoms with Crippen molar-refractivity contribution >= 4 is 27.4 Å². The molecule has 3 heterocycles. The molecule has 0 aliphatic carbocycles. The lowest BCUT2D eigenvalue weighted by Crippen LogP contribution is -2.38. The van der Waals surface area contributed by atoms with Gasteiger partial charge in [0.15, 0.2) is 23.2 Å². The average molecular weight is 512 g/mol. The van der Waals surface area contributed by atoms with Crippen LogP contribution in [0.3, 0.4) is 0 Å². The van der Waals surface area contributed by atoms with Gasteiger partial charge in [0.2, 0.25) is 0 Å². The lowest BCUT2D eigenvalue weighted by molar-refractivity contribution is -0.0331. The van der Waals surface area contributed by atoms with E-state index >= 15 is 0 Å².